The van der Waals surface area contributed by atoms with Gasteiger partial charge in [-0.15, -0.1) is 0 Å². The van der Waals surface area contributed by atoms with E-state index in [1.165, 1.54) is 6.42 Å². The van der Waals surface area contributed by atoms with Gasteiger partial charge < -0.3 is 25.2 Å². The van der Waals surface area contributed by atoms with E-state index >= 15 is 0 Å². The number of amides is 2. The van der Waals surface area contributed by atoms with Gasteiger partial charge in [0.15, 0.2) is 0 Å². The van der Waals surface area contributed by atoms with Gasteiger partial charge in [0.2, 0.25) is 17.8 Å². The fraction of sp³-hybridized carbons (Fsp3) is 0.379. The lowest BCUT2D eigenvalue weighted by Crippen LogP contribution is -2.51. The van der Waals surface area contributed by atoms with Crippen LogP contribution in [0.5, 0.6) is 0 Å². The van der Waals surface area contributed by atoms with Crippen LogP contribution in [0.25, 0.3) is 11.3 Å². The van der Waals surface area contributed by atoms with Gasteiger partial charge in [-0.2, -0.15) is 0 Å². The van der Waals surface area contributed by atoms with Crippen LogP contribution in [0, 0.1) is 5.92 Å². The Hall–Kier alpha value is -3.98. The Morgan fingerprint density at radius 2 is 1.66 bits per heavy atom. The lowest BCUT2D eigenvalue weighted by atomic mass is 9.84. The van der Waals surface area contributed by atoms with Crippen LogP contribution < -0.4 is 15.5 Å². The molecule has 9 heteroatoms. The van der Waals surface area contributed by atoms with Crippen molar-refractivity contribution >= 4 is 34.8 Å². The lowest BCUT2D eigenvalue weighted by Gasteiger charge is -2.39. The van der Waals surface area contributed by atoms with Gasteiger partial charge in [0.05, 0.1) is 18.7 Å². The van der Waals surface area contributed by atoms with Crippen LogP contribution in [0.15, 0.2) is 60.8 Å². The standard InChI is InChI=1S/C29H34N6O3/c1-38-20-14-27(36)31-23-7-5-21(6-8-23)26-13-15-30-29(33-26)32-24-9-11-25(12-10-24)34-16-18-35(19-17-34)28(37)22-3-2-4-22/h5-13,15,22H,2-4,14,16-20H2,1H3,(H,31,36)(H,30,32,33). The van der Waals surface area contributed by atoms with E-state index in [-0.39, 0.29) is 11.8 Å². The molecule has 9 nitrogen and oxygen atoms in total. The van der Waals surface area contributed by atoms with Crippen LogP contribution in [0.2, 0.25) is 0 Å². The number of nitrogens with one attached hydrogen (secondary N) is 2. The second kappa shape index (κ2) is 12.0. The number of aromatic nitrogens is 2. The van der Waals surface area contributed by atoms with Gasteiger partial charge in [-0.25, -0.2) is 9.97 Å². The Labute approximate surface area is 223 Å². The van der Waals surface area contributed by atoms with Crippen LogP contribution in [0.1, 0.15) is 25.7 Å². The highest BCUT2D eigenvalue weighted by molar-refractivity contribution is 5.91. The van der Waals surface area contributed by atoms with Gasteiger partial charge in [0, 0.05) is 68.0 Å². The third kappa shape index (κ3) is 6.28. The van der Waals surface area contributed by atoms with Crippen LogP contribution in [0.3, 0.4) is 0 Å². The molecule has 0 unspecified atom stereocenters. The number of nitrogens with zero attached hydrogens (tertiary/aromatic N) is 4. The number of hydrogen-bond donors (Lipinski definition) is 2. The highest BCUT2D eigenvalue weighted by Gasteiger charge is 2.31. The van der Waals surface area contributed by atoms with Gasteiger partial charge in [-0.05, 0) is 55.3 Å². The van der Waals surface area contributed by atoms with E-state index in [2.05, 4.69) is 37.6 Å². The summed E-state index contributed by atoms with van der Waals surface area (Å²) >= 11 is 0. The number of benzene rings is 2. The van der Waals surface area contributed by atoms with Gasteiger partial charge in [-0.1, -0.05) is 18.6 Å². The van der Waals surface area contributed by atoms with Crippen LogP contribution in [-0.2, 0) is 14.3 Å². The smallest absolute Gasteiger partial charge is 0.227 e. The predicted molar refractivity (Wildman–Crippen MR) is 148 cm³/mol. The molecule has 5 rings (SSSR count). The van der Waals surface area contributed by atoms with Crippen molar-refractivity contribution in [1.29, 1.82) is 0 Å². The number of hydrogen-bond acceptors (Lipinski definition) is 7. The average Bonchev–Trinajstić information content (AvgIpc) is 2.92. The normalized spacial score (nSPS) is 15.6. The molecule has 0 spiro atoms. The van der Waals surface area contributed by atoms with Crippen molar-refractivity contribution in [2.75, 3.05) is 55.4 Å². The first-order valence-corrected chi connectivity index (χ1v) is 13.2. The molecule has 1 aromatic heterocycles. The van der Waals surface area contributed by atoms with Gasteiger partial charge in [0.1, 0.15) is 0 Å². The molecular weight excluding hydrogens is 480 g/mol. The van der Waals surface area contributed by atoms with Crippen molar-refractivity contribution < 1.29 is 14.3 Å². The maximum atomic E-state index is 12.5. The summed E-state index contributed by atoms with van der Waals surface area (Å²) in [4.78, 5) is 37.8. The molecule has 1 saturated heterocycles. The van der Waals surface area contributed by atoms with Crippen LogP contribution in [0.4, 0.5) is 23.0 Å². The monoisotopic (exact) mass is 514 g/mol. The largest absolute Gasteiger partial charge is 0.384 e. The van der Waals surface area contributed by atoms with Crippen LogP contribution >= 0.6 is 0 Å². The minimum atomic E-state index is -0.0829. The summed E-state index contributed by atoms with van der Waals surface area (Å²) in [7, 11) is 1.58. The maximum absolute atomic E-state index is 12.5. The highest BCUT2D eigenvalue weighted by atomic mass is 16.5. The van der Waals surface area contributed by atoms with Crippen molar-refractivity contribution in [3.63, 3.8) is 0 Å². The molecule has 2 amide bonds. The molecule has 1 saturated carbocycles. The summed E-state index contributed by atoms with van der Waals surface area (Å²) in [6.45, 7) is 3.68. The van der Waals surface area contributed by atoms with Gasteiger partial charge in [-0.3, -0.25) is 9.59 Å². The maximum Gasteiger partial charge on any atom is 0.227 e. The molecule has 198 valence electrons. The van der Waals surface area contributed by atoms with Crippen molar-refractivity contribution in [3.05, 3.63) is 60.8 Å². The highest BCUT2D eigenvalue weighted by Crippen LogP contribution is 2.29. The topological polar surface area (TPSA) is 99.7 Å². The fourth-order valence-electron chi connectivity index (χ4n) is 4.71. The molecule has 2 aliphatic rings. The summed E-state index contributed by atoms with van der Waals surface area (Å²) in [6.07, 6.45) is 5.35. The van der Waals surface area contributed by atoms with Crippen molar-refractivity contribution in [3.8, 4) is 11.3 Å². The molecule has 38 heavy (non-hydrogen) atoms. The van der Waals surface area contributed by atoms with E-state index in [0.717, 1.165) is 67.3 Å². The second-order valence-corrected chi connectivity index (χ2v) is 9.75. The Morgan fingerprint density at radius 1 is 0.947 bits per heavy atom. The SMILES string of the molecule is COCCC(=O)Nc1ccc(-c2ccnc(Nc3ccc(N4CCN(C(=O)C5CCC5)CC4)cc3)n2)cc1. The number of carbonyl (C=O) groups excluding carboxylic acids is 2. The molecule has 0 atom stereocenters. The van der Waals surface area contributed by atoms with E-state index in [1.54, 1.807) is 13.3 Å². The Morgan fingerprint density at radius 3 is 2.32 bits per heavy atom. The van der Waals surface area contributed by atoms with E-state index < -0.39 is 0 Å². The van der Waals surface area contributed by atoms with Crippen molar-refractivity contribution in [2.24, 2.45) is 5.92 Å². The predicted octanol–water partition coefficient (Wildman–Crippen LogP) is 4.31. The minimum absolute atomic E-state index is 0.0829. The minimum Gasteiger partial charge on any atom is -0.384 e. The third-order valence-corrected chi connectivity index (χ3v) is 7.19. The molecular formula is C29H34N6O3. The Bertz CT molecular complexity index is 1240. The number of ether oxygens (including phenoxy) is 1. The summed E-state index contributed by atoms with van der Waals surface area (Å²) in [5.41, 5.74) is 4.49. The molecule has 0 bridgehead atoms. The number of carbonyl (C=O) groups is 2. The quantitative estimate of drug-likeness (QED) is 0.439. The molecule has 2 fully saturated rings. The molecule has 1 aliphatic carbocycles. The average molecular weight is 515 g/mol. The first-order valence-electron chi connectivity index (χ1n) is 13.2. The van der Waals surface area contributed by atoms with E-state index in [9.17, 15) is 9.59 Å². The van der Waals surface area contributed by atoms with Gasteiger partial charge in [0.25, 0.3) is 0 Å². The summed E-state index contributed by atoms with van der Waals surface area (Å²) < 4.78 is 4.94. The first-order chi connectivity index (χ1) is 18.6. The second-order valence-electron chi connectivity index (χ2n) is 9.75. The zero-order chi connectivity index (χ0) is 26.3. The summed E-state index contributed by atoms with van der Waals surface area (Å²) in [5.74, 6) is 1.04. The molecule has 3 aromatic rings. The molecule has 2 aromatic carbocycles. The van der Waals surface area contributed by atoms with E-state index in [1.807, 2.05) is 47.4 Å². The molecule has 1 aliphatic heterocycles. The van der Waals surface area contributed by atoms with E-state index in [4.69, 9.17) is 4.74 Å². The molecule has 2 heterocycles. The third-order valence-electron chi connectivity index (χ3n) is 7.19. The number of anilines is 4. The summed E-state index contributed by atoms with van der Waals surface area (Å²) in [6, 6.07) is 17.7. The Balaban J connectivity index is 1.15. The number of methoxy groups -OCH3 is 1. The zero-order valence-electron chi connectivity index (χ0n) is 21.7. The first kappa shape index (κ1) is 25.7. The van der Waals surface area contributed by atoms with Crippen molar-refractivity contribution in [2.45, 2.75) is 25.7 Å². The number of piperazine rings is 1. The molecule has 0 radical (unpaired) electrons. The number of rotatable bonds is 9. The van der Waals surface area contributed by atoms with Crippen LogP contribution in [-0.4, -0.2) is 66.6 Å². The Kier molecular flexibility index (Phi) is 8.13. The van der Waals surface area contributed by atoms with E-state index in [0.29, 0.717) is 24.9 Å². The molecule has 2 N–H and O–H groups in total. The van der Waals surface area contributed by atoms with Crippen molar-refractivity contribution in [1.82, 2.24) is 14.9 Å². The zero-order valence-corrected chi connectivity index (χ0v) is 21.7. The lowest BCUT2D eigenvalue weighted by molar-refractivity contribution is -0.138. The summed E-state index contributed by atoms with van der Waals surface area (Å²) in [5, 5.41) is 6.15. The van der Waals surface area contributed by atoms with Gasteiger partial charge >= 0.3 is 0 Å². The fourth-order valence-corrected chi connectivity index (χ4v) is 4.71.